The fourth-order valence-electron chi connectivity index (χ4n) is 2.33. The molecule has 2 heterocycles. The highest BCUT2D eigenvalue weighted by Gasteiger charge is 2.20. The highest BCUT2D eigenvalue weighted by atomic mass is 35.5. The first-order valence-corrected chi connectivity index (χ1v) is 8.03. The fourth-order valence-corrected chi connectivity index (χ4v) is 2.81. The number of nitrogens with one attached hydrogen (secondary N) is 1. The Balaban J connectivity index is 1.59. The van der Waals surface area contributed by atoms with E-state index in [1.54, 1.807) is 18.2 Å². The summed E-state index contributed by atoms with van der Waals surface area (Å²) in [6.07, 6.45) is 2.37. The van der Waals surface area contributed by atoms with Crippen molar-refractivity contribution in [2.24, 2.45) is 0 Å². The third-order valence-electron chi connectivity index (χ3n) is 3.53. The average Bonchev–Trinajstić information content (AvgIpc) is 3.19. The van der Waals surface area contributed by atoms with Gasteiger partial charge in [0.1, 0.15) is 0 Å². The van der Waals surface area contributed by atoms with Crippen molar-refractivity contribution in [2.75, 3.05) is 13.2 Å². The van der Waals surface area contributed by atoms with Crippen LogP contribution in [0.4, 0.5) is 0 Å². The molecule has 0 bridgehead atoms. The van der Waals surface area contributed by atoms with E-state index in [0.29, 0.717) is 28.9 Å². The molecule has 8 heteroatoms. The molecule has 1 aromatic heterocycles. The normalized spacial score (nSPS) is 17.4. The molecule has 23 heavy (non-hydrogen) atoms. The van der Waals surface area contributed by atoms with Gasteiger partial charge in [0.2, 0.25) is 5.89 Å². The van der Waals surface area contributed by atoms with Gasteiger partial charge < -0.3 is 14.5 Å². The van der Waals surface area contributed by atoms with Crippen LogP contribution in [-0.4, -0.2) is 35.4 Å². The largest absolute Gasteiger partial charge is 0.417 e. The quantitative estimate of drug-likeness (QED) is 0.892. The molecule has 1 saturated heterocycles. The highest BCUT2D eigenvalue weighted by molar-refractivity contribution is 6.35. The number of carbonyl (C=O) groups is 1. The van der Waals surface area contributed by atoms with Gasteiger partial charge >= 0.3 is 11.8 Å². The molecule has 0 radical (unpaired) electrons. The summed E-state index contributed by atoms with van der Waals surface area (Å²) in [7, 11) is 0. The second-order valence-electron chi connectivity index (χ2n) is 5.26. The lowest BCUT2D eigenvalue weighted by Crippen LogP contribution is -2.31. The molecule has 1 fully saturated rings. The maximum atomic E-state index is 12.0. The number of carbonyl (C=O) groups excluding carboxylic acids is 1. The van der Waals surface area contributed by atoms with E-state index in [1.165, 1.54) is 0 Å². The number of aromatic nitrogens is 2. The predicted octanol–water partition coefficient (Wildman–Crippen LogP) is 2.88. The molecule has 1 N–H and O–H groups in total. The molecule has 1 aromatic carbocycles. The van der Waals surface area contributed by atoms with Gasteiger partial charge in [-0.05, 0) is 30.5 Å². The van der Waals surface area contributed by atoms with Crippen LogP contribution >= 0.6 is 23.2 Å². The number of amides is 1. The van der Waals surface area contributed by atoms with Crippen molar-refractivity contribution in [3.63, 3.8) is 0 Å². The van der Waals surface area contributed by atoms with E-state index in [4.69, 9.17) is 32.4 Å². The van der Waals surface area contributed by atoms with Crippen molar-refractivity contribution < 1.29 is 13.9 Å². The Kier molecular flexibility index (Phi) is 5.15. The van der Waals surface area contributed by atoms with Crippen molar-refractivity contribution in [3.8, 4) is 0 Å². The van der Waals surface area contributed by atoms with E-state index in [2.05, 4.69) is 15.5 Å². The van der Waals surface area contributed by atoms with Gasteiger partial charge in [0.25, 0.3) is 0 Å². The summed E-state index contributed by atoms with van der Waals surface area (Å²) in [5.74, 6) is -0.152. The lowest BCUT2D eigenvalue weighted by atomic mass is 10.1. The summed E-state index contributed by atoms with van der Waals surface area (Å²) in [6, 6.07) is 5.16. The SMILES string of the molecule is O=C(NCC1CCCO1)c1nnc(Cc2ccc(Cl)cc2Cl)o1. The number of rotatable bonds is 5. The molecule has 1 aliphatic rings. The highest BCUT2D eigenvalue weighted by Crippen LogP contribution is 2.23. The average molecular weight is 356 g/mol. The molecule has 3 rings (SSSR count). The molecule has 0 aliphatic carbocycles. The first-order valence-electron chi connectivity index (χ1n) is 7.28. The molecular formula is C15H15Cl2N3O3. The number of hydrogen-bond acceptors (Lipinski definition) is 5. The molecule has 1 unspecified atom stereocenters. The zero-order chi connectivity index (χ0) is 16.2. The molecule has 0 saturated carbocycles. The monoisotopic (exact) mass is 355 g/mol. The third kappa shape index (κ3) is 4.22. The van der Waals surface area contributed by atoms with Crippen molar-refractivity contribution in [2.45, 2.75) is 25.4 Å². The fraction of sp³-hybridized carbons (Fsp3) is 0.400. The van der Waals surface area contributed by atoms with Crippen molar-refractivity contribution in [3.05, 3.63) is 45.6 Å². The summed E-state index contributed by atoms with van der Waals surface area (Å²) < 4.78 is 10.8. The second kappa shape index (κ2) is 7.29. The van der Waals surface area contributed by atoms with Crippen LogP contribution in [0.3, 0.4) is 0 Å². The van der Waals surface area contributed by atoms with Gasteiger partial charge in [0.15, 0.2) is 0 Å². The van der Waals surface area contributed by atoms with Gasteiger partial charge in [0.05, 0.1) is 12.5 Å². The first kappa shape index (κ1) is 16.2. The summed E-state index contributed by atoms with van der Waals surface area (Å²) in [5.41, 5.74) is 0.797. The number of hydrogen-bond donors (Lipinski definition) is 1. The lowest BCUT2D eigenvalue weighted by Gasteiger charge is -2.08. The Morgan fingerprint density at radius 3 is 2.96 bits per heavy atom. The predicted molar refractivity (Wildman–Crippen MR) is 84.9 cm³/mol. The Morgan fingerprint density at radius 2 is 2.22 bits per heavy atom. The third-order valence-corrected chi connectivity index (χ3v) is 4.12. The summed E-state index contributed by atoms with van der Waals surface area (Å²) in [6.45, 7) is 1.19. The topological polar surface area (TPSA) is 77.2 Å². The van der Waals surface area contributed by atoms with E-state index >= 15 is 0 Å². The minimum Gasteiger partial charge on any atom is -0.417 e. The van der Waals surface area contributed by atoms with E-state index in [9.17, 15) is 4.79 Å². The second-order valence-corrected chi connectivity index (χ2v) is 6.10. The van der Waals surface area contributed by atoms with Crippen molar-refractivity contribution >= 4 is 29.1 Å². The maximum absolute atomic E-state index is 12.0. The first-order chi connectivity index (χ1) is 11.1. The lowest BCUT2D eigenvalue weighted by molar-refractivity contribution is 0.0828. The molecule has 122 valence electrons. The number of halogens is 2. The van der Waals surface area contributed by atoms with Crippen LogP contribution < -0.4 is 5.32 Å². The molecule has 6 nitrogen and oxygen atoms in total. The van der Waals surface area contributed by atoms with E-state index in [-0.39, 0.29) is 12.0 Å². The zero-order valence-electron chi connectivity index (χ0n) is 12.2. The Labute approximate surface area is 143 Å². The zero-order valence-corrected chi connectivity index (χ0v) is 13.7. The van der Waals surface area contributed by atoms with Crippen LogP contribution in [0.15, 0.2) is 22.6 Å². The van der Waals surface area contributed by atoms with E-state index in [0.717, 1.165) is 25.0 Å². The van der Waals surface area contributed by atoms with Crippen LogP contribution in [0.2, 0.25) is 10.0 Å². The standard InChI is InChI=1S/C15H15Cl2N3O3/c16-10-4-3-9(12(17)7-10)6-13-19-20-15(23-13)14(21)18-8-11-2-1-5-22-11/h3-4,7,11H,1-2,5-6,8H2,(H,18,21). The van der Waals surface area contributed by atoms with Crippen LogP contribution in [0.5, 0.6) is 0 Å². The maximum Gasteiger partial charge on any atom is 0.308 e. The number of benzene rings is 1. The van der Waals surface area contributed by atoms with Gasteiger partial charge in [-0.1, -0.05) is 29.3 Å². The van der Waals surface area contributed by atoms with Crippen molar-refractivity contribution in [1.29, 1.82) is 0 Å². The van der Waals surface area contributed by atoms with Crippen LogP contribution in [0.25, 0.3) is 0 Å². The van der Waals surface area contributed by atoms with Crippen LogP contribution in [-0.2, 0) is 11.2 Å². The Bertz CT molecular complexity index is 699. The Hall–Kier alpha value is -1.63. The molecule has 1 atom stereocenters. The number of ether oxygens (including phenoxy) is 1. The molecular weight excluding hydrogens is 341 g/mol. The minimum atomic E-state index is -0.401. The van der Waals surface area contributed by atoms with Gasteiger partial charge in [-0.15, -0.1) is 10.2 Å². The van der Waals surface area contributed by atoms with Gasteiger partial charge in [-0.25, -0.2) is 0 Å². The summed E-state index contributed by atoms with van der Waals surface area (Å²) >= 11 is 12.0. The number of nitrogens with zero attached hydrogens (tertiary/aromatic N) is 2. The van der Waals surface area contributed by atoms with E-state index < -0.39 is 5.91 Å². The van der Waals surface area contributed by atoms with Gasteiger partial charge in [-0.3, -0.25) is 4.79 Å². The van der Waals surface area contributed by atoms with Crippen LogP contribution in [0.1, 0.15) is 35.0 Å². The minimum absolute atomic E-state index is 0.0641. The van der Waals surface area contributed by atoms with Crippen molar-refractivity contribution in [1.82, 2.24) is 15.5 Å². The summed E-state index contributed by atoms with van der Waals surface area (Å²) in [4.78, 5) is 12.0. The van der Waals surface area contributed by atoms with E-state index in [1.807, 2.05) is 0 Å². The molecule has 1 amide bonds. The van der Waals surface area contributed by atoms with Gasteiger partial charge in [-0.2, -0.15) is 0 Å². The van der Waals surface area contributed by atoms with Gasteiger partial charge in [0, 0.05) is 23.2 Å². The smallest absolute Gasteiger partial charge is 0.308 e. The Morgan fingerprint density at radius 1 is 1.35 bits per heavy atom. The van der Waals surface area contributed by atoms with Crippen LogP contribution in [0, 0.1) is 0 Å². The summed E-state index contributed by atoms with van der Waals surface area (Å²) in [5, 5.41) is 11.4. The molecule has 2 aromatic rings. The molecule has 1 aliphatic heterocycles. The molecule has 0 spiro atoms.